The van der Waals surface area contributed by atoms with Crippen molar-refractivity contribution in [2.75, 3.05) is 20.3 Å². The van der Waals surface area contributed by atoms with Gasteiger partial charge in [0.2, 0.25) is 0 Å². The van der Waals surface area contributed by atoms with Crippen LogP contribution in [0, 0.1) is 11.3 Å². The Morgan fingerprint density at radius 3 is 2.33 bits per heavy atom. The van der Waals surface area contributed by atoms with Crippen molar-refractivity contribution in [1.82, 2.24) is 0 Å². The molecular weight excluding hydrogens is 252 g/mol. The molecule has 1 aromatic carbocycles. The SMILES string of the molecule is COc1ccc(Cl)cc1CC(CO)(CO)C(C)C. The van der Waals surface area contributed by atoms with E-state index in [9.17, 15) is 10.2 Å². The molecule has 0 radical (unpaired) electrons. The molecule has 4 heteroatoms. The minimum Gasteiger partial charge on any atom is -0.496 e. The molecule has 0 saturated heterocycles. The molecule has 0 fully saturated rings. The molecule has 0 heterocycles. The summed E-state index contributed by atoms with van der Waals surface area (Å²) >= 11 is 5.99. The van der Waals surface area contributed by atoms with Crippen LogP contribution in [-0.2, 0) is 6.42 Å². The lowest BCUT2D eigenvalue weighted by Gasteiger charge is -2.34. The summed E-state index contributed by atoms with van der Waals surface area (Å²) in [4.78, 5) is 0. The van der Waals surface area contributed by atoms with Gasteiger partial charge in [0.1, 0.15) is 5.75 Å². The fourth-order valence-corrected chi connectivity index (χ4v) is 2.19. The highest BCUT2D eigenvalue weighted by atomic mass is 35.5. The lowest BCUT2D eigenvalue weighted by molar-refractivity contribution is 0.0159. The van der Waals surface area contributed by atoms with Crippen LogP contribution >= 0.6 is 11.6 Å². The molecule has 0 aliphatic heterocycles. The first kappa shape index (κ1) is 15.3. The molecule has 0 aliphatic rings. The van der Waals surface area contributed by atoms with Crippen LogP contribution in [0.5, 0.6) is 5.75 Å². The van der Waals surface area contributed by atoms with E-state index in [0.29, 0.717) is 11.4 Å². The molecule has 18 heavy (non-hydrogen) atoms. The second-order valence-electron chi connectivity index (χ2n) is 4.97. The Balaban J connectivity index is 3.10. The van der Waals surface area contributed by atoms with Gasteiger partial charge in [0.05, 0.1) is 20.3 Å². The molecule has 0 aliphatic carbocycles. The van der Waals surface area contributed by atoms with Crippen LogP contribution in [0.1, 0.15) is 19.4 Å². The van der Waals surface area contributed by atoms with Gasteiger partial charge in [-0.1, -0.05) is 25.4 Å². The average Bonchev–Trinajstić information content (AvgIpc) is 2.36. The largest absolute Gasteiger partial charge is 0.496 e. The Morgan fingerprint density at radius 1 is 1.28 bits per heavy atom. The van der Waals surface area contributed by atoms with Crippen LogP contribution in [0.2, 0.25) is 5.02 Å². The minimum absolute atomic E-state index is 0.0726. The predicted molar refractivity (Wildman–Crippen MR) is 73.2 cm³/mol. The van der Waals surface area contributed by atoms with Crippen molar-refractivity contribution < 1.29 is 14.9 Å². The third-order valence-corrected chi connectivity index (χ3v) is 3.87. The fraction of sp³-hybridized carbons (Fsp3) is 0.571. The Bertz CT molecular complexity index is 387. The van der Waals surface area contributed by atoms with Gasteiger partial charge in [-0.05, 0) is 36.1 Å². The summed E-state index contributed by atoms with van der Waals surface area (Å²) < 4.78 is 5.29. The molecule has 0 spiro atoms. The smallest absolute Gasteiger partial charge is 0.122 e. The maximum Gasteiger partial charge on any atom is 0.122 e. The molecule has 3 nitrogen and oxygen atoms in total. The third-order valence-electron chi connectivity index (χ3n) is 3.64. The van der Waals surface area contributed by atoms with Gasteiger partial charge < -0.3 is 14.9 Å². The van der Waals surface area contributed by atoms with Crippen molar-refractivity contribution >= 4 is 11.6 Å². The van der Waals surface area contributed by atoms with Crippen molar-refractivity contribution in [3.05, 3.63) is 28.8 Å². The predicted octanol–water partition coefficient (Wildman–Crippen LogP) is 2.52. The first-order valence-electron chi connectivity index (χ1n) is 6.03. The Labute approximate surface area is 113 Å². The van der Waals surface area contributed by atoms with Gasteiger partial charge in [-0.3, -0.25) is 0 Å². The quantitative estimate of drug-likeness (QED) is 0.837. The van der Waals surface area contributed by atoms with Crippen molar-refractivity contribution in [3.63, 3.8) is 0 Å². The summed E-state index contributed by atoms with van der Waals surface area (Å²) in [6.07, 6.45) is 0.529. The number of hydrogen-bond donors (Lipinski definition) is 2. The molecular formula is C14H21ClO3. The van der Waals surface area contributed by atoms with E-state index in [4.69, 9.17) is 16.3 Å². The van der Waals surface area contributed by atoms with Gasteiger partial charge in [-0.25, -0.2) is 0 Å². The van der Waals surface area contributed by atoms with Gasteiger partial charge in [-0.15, -0.1) is 0 Å². The Morgan fingerprint density at radius 2 is 1.89 bits per heavy atom. The van der Waals surface area contributed by atoms with Crippen molar-refractivity contribution in [2.24, 2.45) is 11.3 Å². The van der Waals surface area contributed by atoms with Crippen molar-refractivity contribution in [3.8, 4) is 5.75 Å². The van der Waals surface area contributed by atoms with Gasteiger partial charge in [0.25, 0.3) is 0 Å². The zero-order valence-corrected chi connectivity index (χ0v) is 11.9. The molecule has 1 rings (SSSR count). The summed E-state index contributed by atoms with van der Waals surface area (Å²) in [5.74, 6) is 0.877. The number of aliphatic hydroxyl groups is 2. The zero-order valence-electron chi connectivity index (χ0n) is 11.1. The number of methoxy groups -OCH3 is 1. The standard InChI is InChI=1S/C14H21ClO3/c1-10(2)14(8-16,9-17)7-11-6-12(15)4-5-13(11)18-3/h4-6,10,16-17H,7-9H2,1-3H3. The van der Waals surface area contributed by atoms with E-state index in [1.165, 1.54) is 0 Å². The van der Waals surface area contributed by atoms with E-state index in [2.05, 4.69) is 0 Å². The number of ether oxygens (including phenoxy) is 1. The number of aliphatic hydroxyl groups excluding tert-OH is 2. The number of halogens is 1. The lowest BCUT2D eigenvalue weighted by atomic mass is 9.74. The van der Waals surface area contributed by atoms with E-state index < -0.39 is 5.41 Å². The van der Waals surface area contributed by atoms with Crippen LogP contribution in [-0.4, -0.2) is 30.5 Å². The van der Waals surface area contributed by atoms with E-state index in [-0.39, 0.29) is 19.1 Å². The minimum atomic E-state index is -0.558. The van der Waals surface area contributed by atoms with Crippen LogP contribution in [0.3, 0.4) is 0 Å². The second kappa shape index (κ2) is 6.41. The summed E-state index contributed by atoms with van der Waals surface area (Å²) in [6, 6.07) is 5.39. The van der Waals surface area contributed by atoms with Gasteiger partial charge in [0.15, 0.2) is 0 Å². The molecule has 0 amide bonds. The van der Waals surface area contributed by atoms with Crippen molar-refractivity contribution in [1.29, 1.82) is 0 Å². The lowest BCUT2D eigenvalue weighted by Crippen LogP contribution is -2.37. The van der Waals surface area contributed by atoms with Crippen LogP contribution < -0.4 is 4.74 Å². The molecule has 102 valence electrons. The first-order chi connectivity index (χ1) is 8.49. The normalized spacial score (nSPS) is 11.9. The van der Waals surface area contributed by atoms with E-state index in [0.717, 1.165) is 11.3 Å². The van der Waals surface area contributed by atoms with Gasteiger partial charge >= 0.3 is 0 Å². The van der Waals surface area contributed by atoms with Gasteiger partial charge in [0, 0.05) is 10.4 Å². The number of benzene rings is 1. The summed E-state index contributed by atoms with van der Waals surface area (Å²) in [5.41, 5.74) is 0.347. The molecule has 2 N–H and O–H groups in total. The van der Waals surface area contributed by atoms with Crippen molar-refractivity contribution in [2.45, 2.75) is 20.3 Å². The molecule has 0 unspecified atom stereocenters. The molecule has 0 atom stereocenters. The first-order valence-corrected chi connectivity index (χ1v) is 6.41. The van der Waals surface area contributed by atoms with Crippen LogP contribution in [0.25, 0.3) is 0 Å². The fourth-order valence-electron chi connectivity index (χ4n) is 2.00. The third kappa shape index (κ3) is 3.16. The molecule has 0 aromatic heterocycles. The number of rotatable bonds is 6. The monoisotopic (exact) mass is 272 g/mol. The summed E-state index contributed by atoms with van der Waals surface area (Å²) in [7, 11) is 1.60. The van der Waals surface area contributed by atoms with Crippen LogP contribution in [0.4, 0.5) is 0 Å². The van der Waals surface area contributed by atoms with E-state index >= 15 is 0 Å². The average molecular weight is 273 g/mol. The van der Waals surface area contributed by atoms with E-state index in [1.807, 2.05) is 19.9 Å². The summed E-state index contributed by atoms with van der Waals surface area (Å²) in [6.45, 7) is 3.83. The zero-order chi connectivity index (χ0) is 13.8. The van der Waals surface area contributed by atoms with E-state index in [1.54, 1.807) is 19.2 Å². The molecule has 0 bridgehead atoms. The van der Waals surface area contributed by atoms with Gasteiger partial charge in [-0.2, -0.15) is 0 Å². The van der Waals surface area contributed by atoms with Crippen LogP contribution in [0.15, 0.2) is 18.2 Å². The Kier molecular flexibility index (Phi) is 5.45. The molecule has 1 aromatic rings. The highest BCUT2D eigenvalue weighted by molar-refractivity contribution is 6.30. The maximum absolute atomic E-state index is 9.61. The molecule has 0 saturated carbocycles. The summed E-state index contributed by atoms with van der Waals surface area (Å²) in [5, 5.41) is 19.8. The number of hydrogen-bond acceptors (Lipinski definition) is 3. The Hall–Kier alpha value is -0.770. The highest BCUT2D eigenvalue weighted by Crippen LogP contribution is 2.35. The second-order valence-corrected chi connectivity index (χ2v) is 5.40. The maximum atomic E-state index is 9.61. The topological polar surface area (TPSA) is 49.7 Å². The highest BCUT2D eigenvalue weighted by Gasteiger charge is 2.33.